The molecule has 1 aromatic carbocycles. The molecule has 3 heterocycles. The van der Waals surface area contributed by atoms with E-state index in [1.165, 1.54) is 4.90 Å². The van der Waals surface area contributed by atoms with E-state index in [9.17, 15) is 24.6 Å². The van der Waals surface area contributed by atoms with Gasteiger partial charge in [-0.1, -0.05) is 36.4 Å². The van der Waals surface area contributed by atoms with E-state index >= 15 is 0 Å². The number of carbonyl (C=O) groups excluding carboxylic acids is 2. The Balaban J connectivity index is 1.69. The van der Waals surface area contributed by atoms with Crippen molar-refractivity contribution in [1.82, 2.24) is 9.80 Å². The maximum Gasteiger partial charge on any atom is 0.310 e. The molecule has 3 saturated heterocycles. The van der Waals surface area contributed by atoms with Gasteiger partial charge in [-0.15, -0.1) is 6.58 Å². The summed E-state index contributed by atoms with van der Waals surface area (Å²) in [5, 5.41) is 19.0. The molecule has 0 radical (unpaired) electrons. The summed E-state index contributed by atoms with van der Waals surface area (Å²) in [7, 11) is 0. The van der Waals surface area contributed by atoms with E-state index in [0.29, 0.717) is 38.8 Å². The standard InChI is InChI=1S/C24H30N2O6/c1-2-12-25(15-16-8-4-3-5-9-16)22(29)20-24-11-10-17(32-24)18(23(30)31)19(24)21(28)26(20)13-6-7-14-27/h2-5,8-9,17-20,27H,1,6-7,10-15H2,(H,30,31)/t17-,18+,19+,20?,24?/m1/s1. The van der Waals surface area contributed by atoms with Gasteiger partial charge in [0, 0.05) is 26.2 Å². The first-order valence-corrected chi connectivity index (χ1v) is 11.2. The van der Waals surface area contributed by atoms with Gasteiger partial charge in [0.05, 0.1) is 17.9 Å². The minimum Gasteiger partial charge on any atom is -0.481 e. The van der Waals surface area contributed by atoms with Crippen molar-refractivity contribution in [2.75, 3.05) is 19.7 Å². The average Bonchev–Trinajstić information content (AvgIpc) is 3.42. The molecule has 2 bridgehead atoms. The molecule has 2 N–H and O–H groups in total. The number of fused-ring (bicyclic) bond motifs is 1. The maximum absolute atomic E-state index is 13.9. The fourth-order valence-corrected chi connectivity index (χ4v) is 5.71. The minimum absolute atomic E-state index is 0.0118. The van der Waals surface area contributed by atoms with Crippen molar-refractivity contribution in [2.45, 2.75) is 50.0 Å². The molecule has 3 aliphatic rings. The SMILES string of the molecule is C=CCN(Cc1ccccc1)C(=O)C1N(CCCCO)C(=O)[C@@H]2[C@@H](C(=O)O)[C@H]3CCC12O3. The Morgan fingerprint density at radius 2 is 2.03 bits per heavy atom. The van der Waals surface area contributed by atoms with E-state index in [4.69, 9.17) is 4.74 Å². The molecule has 3 aliphatic heterocycles. The second kappa shape index (κ2) is 9.03. The summed E-state index contributed by atoms with van der Waals surface area (Å²) in [6.45, 7) is 4.71. The van der Waals surface area contributed by atoms with Crippen molar-refractivity contribution in [3.63, 3.8) is 0 Å². The van der Waals surface area contributed by atoms with Crippen LogP contribution in [0, 0.1) is 11.8 Å². The molecular weight excluding hydrogens is 412 g/mol. The molecule has 0 aromatic heterocycles. The zero-order chi connectivity index (χ0) is 22.9. The number of ether oxygens (including phenoxy) is 1. The smallest absolute Gasteiger partial charge is 0.310 e. The van der Waals surface area contributed by atoms with E-state index in [0.717, 1.165) is 5.56 Å². The average molecular weight is 443 g/mol. The highest BCUT2D eigenvalue weighted by molar-refractivity contribution is 5.98. The zero-order valence-corrected chi connectivity index (χ0v) is 18.1. The molecule has 2 unspecified atom stereocenters. The van der Waals surface area contributed by atoms with Gasteiger partial charge in [0.2, 0.25) is 11.8 Å². The Morgan fingerprint density at radius 3 is 2.69 bits per heavy atom. The fraction of sp³-hybridized carbons (Fsp3) is 0.542. The van der Waals surface area contributed by atoms with Crippen molar-refractivity contribution in [3.05, 3.63) is 48.6 Å². The number of benzene rings is 1. The lowest BCUT2D eigenvalue weighted by Crippen LogP contribution is -2.56. The number of carboxylic acids is 1. The number of hydrogen-bond donors (Lipinski definition) is 2. The first kappa shape index (κ1) is 22.5. The molecule has 172 valence electrons. The van der Waals surface area contributed by atoms with Gasteiger partial charge >= 0.3 is 5.97 Å². The number of carboxylic acid groups (broad SMARTS) is 1. The molecule has 1 aromatic rings. The van der Waals surface area contributed by atoms with Crippen LogP contribution in [0.5, 0.6) is 0 Å². The van der Waals surface area contributed by atoms with Crippen LogP contribution in [0.4, 0.5) is 0 Å². The van der Waals surface area contributed by atoms with Crippen LogP contribution in [0.2, 0.25) is 0 Å². The lowest BCUT2D eigenvalue weighted by atomic mass is 9.70. The number of unbranched alkanes of at least 4 members (excludes halogenated alkanes) is 1. The van der Waals surface area contributed by atoms with E-state index < -0.39 is 35.6 Å². The number of rotatable bonds is 10. The molecule has 2 amide bonds. The molecule has 4 rings (SSSR count). The van der Waals surface area contributed by atoms with Crippen molar-refractivity contribution >= 4 is 17.8 Å². The van der Waals surface area contributed by atoms with Crippen LogP contribution >= 0.6 is 0 Å². The predicted octanol–water partition coefficient (Wildman–Crippen LogP) is 1.43. The van der Waals surface area contributed by atoms with Crippen molar-refractivity contribution in [3.8, 4) is 0 Å². The van der Waals surface area contributed by atoms with Crippen molar-refractivity contribution in [2.24, 2.45) is 11.8 Å². The highest BCUT2D eigenvalue weighted by atomic mass is 16.5. The second-order valence-corrected chi connectivity index (χ2v) is 8.85. The topological polar surface area (TPSA) is 107 Å². The van der Waals surface area contributed by atoms with Gasteiger partial charge < -0.3 is 24.7 Å². The van der Waals surface area contributed by atoms with Crippen LogP contribution in [-0.2, 0) is 25.7 Å². The number of aliphatic hydroxyl groups is 1. The predicted molar refractivity (Wildman–Crippen MR) is 115 cm³/mol. The highest BCUT2D eigenvalue weighted by Crippen LogP contribution is 2.58. The third-order valence-corrected chi connectivity index (χ3v) is 7.00. The monoisotopic (exact) mass is 442 g/mol. The molecule has 32 heavy (non-hydrogen) atoms. The Bertz CT molecular complexity index is 890. The quantitative estimate of drug-likeness (QED) is 0.419. The van der Waals surface area contributed by atoms with Crippen LogP contribution in [0.3, 0.4) is 0 Å². The van der Waals surface area contributed by atoms with Crippen molar-refractivity contribution in [1.29, 1.82) is 0 Å². The van der Waals surface area contributed by atoms with E-state index in [1.54, 1.807) is 11.0 Å². The van der Waals surface area contributed by atoms with Gasteiger partial charge in [0.25, 0.3) is 0 Å². The van der Waals surface area contributed by atoms with Crippen molar-refractivity contribution < 1.29 is 29.3 Å². The summed E-state index contributed by atoms with van der Waals surface area (Å²) in [6, 6.07) is 8.70. The summed E-state index contributed by atoms with van der Waals surface area (Å²) in [4.78, 5) is 42.6. The van der Waals surface area contributed by atoms with Gasteiger partial charge in [-0.2, -0.15) is 0 Å². The normalized spacial score (nSPS) is 30.4. The number of nitrogens with zero attached hydrogens (tertiary/aromatic N) is 2. The Morgan fingerprint density at radius 1 is 1.28 bits per heavy atom. The zero-order valence-electron chi connectivity index (χ0n) is 18.1. The van der Waals surface area contributed by atoms with Gasteiger partial charge in [0.1, 0.15) is 11.6 Å². The van der Waals surface area contributed by atoms with E-state index in [2.05, 4.69) is 6.58 Å². The molecule has 3 fully saturated rings. The van der Waals surface area contributed by atoms with E-state index in [-0.39, 0.29) is 25.0 Å². The molecule has 0 saturated carbocycles. The highest BCUT2D eigenvalue weighted by Gasteiger charge is 2.74. The fourth-order valence-electron chi connectivity index (χ4n) is 5.71. The van der Waals surface area contributed by atoms with Crippen LogP contribution in [0.15, 0.2) is 43.0 Å². The molecule has 1 spiro atoms. The minimum atomic E-state index is -1.11. The van der Waals surface area contributed by atoms with Gasteiger partial charge in [-0.3, -0.25) is 14.4 Å². The molecule has 5 atom stereocenters. The number of hydrogen-bond acceptors (Lipinski definition) is 5. The lowest BCUT2D eigenvalue weighted by Gasteiger charge is -2.36. The van der Waals surface area contributed by atoms with Crippen LogP contribution in [0.1, 0.15) is 31.2 Å². The van der Waals surface area contributed by atoms with Gasteiger partial charge in [0.15, 0.2) is 0 Å². The molecule has 0 aliphatic carbocycles. The lowest BCUT2D eigenvalue weighted by molar-refractivity contribution is -0.151. The number of likely N-dealkylation sites (tertiary alicyclic amines) is 1. The third kappa shape index (κ3) is 3.61. The van der Waals surface area contributed by atoms with E-state index in [1.807, 2.05) is 30.3 Å². The largest absolute Gasteiger partial charge is 0.481 e. The first-order valence-electron chi connectivity index (χ1n) is 11.2. The number of carbonyl (C=O) groups is 3. The van der Waals surface area contributed by atoms with Gasteiger partial charge in [-0.25, -0.2) is 0 Å². The maximum atomic E-state index is 13.9. The molecule has 8 nitrogen and oxygen atoms in total. The third-order valence-electron chi connectivity index (χ3n) is 7.00. The second-order valence-electron chi connectivity index (χ2n) is 8.85. The molecule has 8 heteroatoms. The Hall–Kier alpha value is -2.71. The van der Waals surface area contributed by atoms with Gasteiger partial charge in [-0.05, 0) is 31.2 Å². The summed E-state index contributed by atoms with van der Waals surface area (Å²) in [6.07, 6.45) is 3.13. The number of amides is 2. The summed E-state index contributed by atoms with van der Waals surface area (Å²) >= 11 is 0. The Labute approximate surface area is 187 Å². The molecular formula is C24H30N2O6. The first-order chi connectivity index (χ1) is 15.4. The van der Waals surface area contributed by atoms with Crippen LogP contribution in [-0.4, -0.2) is 75.2 Å². The van der Waals surface area contributed by atoms with Crippen LogP contribution in [0.25, 0.3) is 0 Å². The number of aliphatic carboxylic acids is 1. The summed E-state index contributed by atoms with van der Waals surface area (Å²) in [5.41, 5.74) is -0.162. The summed E-state index contributed by atoms with van der Waals surface area (Å²) in [5.74, 6) is -3.42. The summed E-state index contributed by atoms with van der Waals surface area (Å²) < 4.78 is 6.21. The number of aliphatic hydroxyl groups excluding tert-OH is 1. The Kier molecular flexibility index (Phi) is 6.35. The van der Waals surface area contributed by atoms with Crippen LogP contribution < -0.4 is 0 Å².